The molecule has 1 amide bonds. The van der Waals surface area contributed by atoms with E-state index in [9.17, 15) is 4.79 Å². The van der Waals surface area contributed by atoms with Gasteiger partial charge in [-0.1, -0.05) is 6.42 Å². The Labute approximate surface area is 172 Å². The number of aryl methyl sites for hydroxylation is 1. The van der Waals surface area contributed by atoms with E-state index in [1.165, 1.54) is 30.9 Å². The first-order chi connectivity index (χ1) is 14.3. The molecule has 7 nitrogen and oxygen atoms in total. The number of carbonyl (C=O) groups is 1. The third-order valence-corrected chi connectivity index (χ3v) is 6.71. The first-order valence-electron chi connectivity index (χ1n) is 11.2. The lowest BCUT2D eigenvalue weighted by Crippen LogP contribution is -2.34. The Morgan fingerprint density at radius 1 is 0.931 bits per heavy atom. The zero-order valence-corrected chi connectivity index (χ0v) is 17.1. The summed E-state index contributed by atoms with van der Waals surface area (Å²) in [6.07, 6.45) is 10.9. The molecule has 0 bridgehead atoms. The van der Waals surface area contributed by atoms with Crippen molar-refractivity contribution >= 4 is 11.7 Å². The number of anilines is 1. The van der Waals surface area contributed by atoms with Crippen LogP contribution in [0.1, 0.15) is 72.9 Å². The van der Waals surface area contributed by atoms with Gasteiger partial charge in [0.25, 0.3) is 5.91 Å². The normalized spacial score (nSPS) is 20.6. The number of rotatable bonds is 3. The summed E-state index contributed by atoms with van der Waals surface area (Å²) in [7, 11) is 0. The van der Waals surface area contributed by atoms with E-state index in [0.29, 0.717) is 5.92 Å². The van der Waals surface area contributed by atoms with E-state index in [4.69, 9.17) is 0 Å². The van der Waals surface area contributed by atoms with Crippen molar-refractivity contribution in [3.05, 3.63) is 35.5 Å². The summed E-state index contributed by atoms with van der Waals surface area (Å²) < 4.78 is 2.39. The standard InChI is InChI=1S/C22H30N6O/c29-22(27-11-4-5-12-27)18-7-10-23-20(16-18)26-14-8-17(9-15-26)21-25-24-19-6-2-1-3-13-28(19)21/h7,10,16-17H,1-6,8-9,11-15H2. The van der Waals surface area contributed by atoms with E-state index in [1.807, 2.05) is 17.0 Å². The van der Waals surface area contributed by atoms with Crippen molar-refractivity contribution < 1.29 is 4.79 Å². The van der Waals surface area contributed by atoms with Crippen LogP contribution in [0.15, 0.2) is 18.3 Å². The topological polar surface area (TPSA) is 67.2 Å². The molecule has 5 rings (SSSR count). The molecular formula is C22H30N6O. The van der Waals surface area contributed by atoms with Crippen LogP contribution in [-0.2, 0) is 13.0 Å². The average molecular weight is 395 g/mol. The van der Waals surface area contributed by atoms with Crippen LogP contribution in [0.5, 0.6) is 0 Å². The second-order valence-electron chi connectivity index (χ2n) is 8.60. The van der Waals surface area contributed by atoms with Crippen molar-refractivity contribution in [3.63, 3.8) is 0 Å². The number of amides is 1. The summed E-state index contributed by atoms with van der Waals surface area (Å²) >= 11 is 0. The minimum atomic E-state index is 0.146. The van der Waals surface area contributed by atoms with Gasteiger partial charge in [-0.2, -0.15) is 0 Å². The van der Waals surface area contributed by atoms with Gasteiger partial charge < -0.3 is 14.4 Å². The zero-order valence-electron chi connectivity index (χ0n) is 17.1. The van der Waals surface area contributed by atoms with Crippen molar-refractivity contribution in [3.8, 4) is 0 Å². The summed E-state index contributed by atoms with van der Waals surface area (Å²) in [6.45, 7) is 4.72. The number of aromatic nitrogens is 4. The van der Waals surface area contributed by atoms with Crippen LogP contribution in [-0.4, -0.2) is 56.7 Å². The molecule has 0 unspecified atom stereocenters. The fourth-order valence-corrected chi connectivity index (χ4v) is 5.00. The van der Waals surface area contributed by atoms with Gasteiger partial charge in [0.2, 0.25) is 0 Å². The lowest BCUT2D eigenvalue weighted by molar-refractivity contribution is 0.0792. The maximum absolute atomic E-state index is 12.7. The third kappa shape index (κ3) is 3.74. The summed E-state index contributed by atoms with van der Waals surface area (Å²) in [5, 5.41) is 9.05. The Kier molecular flexibility index (Phi) is 5.21. The zero-order chi connectivity index (χ0) is 19.6. The molecule has 0 aromatic carbocycles. The SMILES string of the molecule is O=C(c1ccnc(N2CCC(c3nnc4n3CCCCC4)CC2)c1)N1CCCC1. The van der Waals surface area contributed by atoms with E-state index in [2.05, 4.69) is 24.6 Å². The fraction of sp³-hybridized carbons (Fsp3) is 0.636. The van der Waals surface area contributed by atoms with E-state index in [0.717, 1.165) is 76.2 Å². The molecule has 2 saturated heterocycles. The minimum Gasteiger partial charge on any atom is -0.357 e. The monoisotopic (exact) mass is 394 g/mol. The summed E-state index contributed by atoms with van der Waals surface area (Å²) in [6, 6.07) is 3.83. The van der Waals surface area contributed by atoms with Crippen LogP contribution < -0.4 is 4.90 Å². The van der Waals surface area contributed by atoms with Crippen LogP contribution in [0.4, 0.5) is 5.82 Å². The number of nitrogens with zero attached hydrogens (tertiary/aromatic N) is 6. The number of likely N-dealkylation sites (tertiary alicyclic amines) is 1. The van der Waals surface area contributed by atoms with Gasteiger partial charge in [-0.25, -0.2) is 4.98 Å². The number of hydrogen-bond donors (Lipinski definition) is 0. The first kappa shape index (κ1) is 18.6. The molecule has 0 spiro atoms. The molecule has 3 aliphatic heterocycles. The molecule has 0 atom stereocenters. The lowest BCUT2D eigenvalue weighted by Gasteiger charge is -2.32. The Morgan fingerprint density at radius 3 is 2.55 bits per heavy atom. The highest BCUT2D eigenvalue weighted by molar-refractivity contribution is 5.95. The molecule has 2 aromatic rings. The van der Waals surface area contributed by atoms with Gasteiger partial charge in [0.05, 0.1) is 0 Å². The molecule has 2 aromatic heterocycles. The van der Waals surface area contributed by atoms with E-state index < -0.39 is 0 Å². The molecule has 2 fully saturated rings. The highest BCUT2D eigenvalue weighted by atomic mass is 16.2. The first-order valence-corrected chi connectivity index (χ1v) is 11.2. The number of fused-ring (bicyclic) bond motifs is 1. The average Bonchev–Trinajstić information content (AvgIpc) is 3.39. The van der Waals surface area contributed by atoms with Crippen molar-refractivity contribution in [2.75, 3.05) is 31.1 Å². The van der Waals surface area contributed by atoms with Crippen molar-refractivity contribution in [2.45, 2.75) is 63.8 Å². The summed E-state index contributed by atoms with van der Waals surface area (Å²) in [5.74, 6) is 3.91. The lowest BCUT2D eigenvalue weighted by atomic mass is 9.95. The number of piperidine rings is 1. The minimum absolute atomic E-state index is 0.146. The van der Waals surface area contributed by atoms with Crippen LogP contribution in [0, 0.1) is 0 Å². The van der Waals surface area contributed by atoms with Crippen LogP contribution in [0.3, 0.4) is 0 Å². The maximum Gasteiger partial charge on any atom is 0.254 e. The molecule has 0 N–H and O–H groups in total. The van der Waals surface area contributed by atoms with Gasteiger partial charge in [0, 0.05) is 56.8 Å². The van der Waals surface area contributed by atoms with Crippen LogP contribution in [0.2, 0.25) is 0 Å². The van der Waals surface area contributed by atoms with Crippen LogP contribution in [0.25, 0.3) is 0 Å². The molecule has 0 radical (unpaired) electrons. The molecule has 3 aliphatic rings. The highest BCUT2D eigenvalue weighted by Crippen LogP contribution is 2.30. The Balaban J connectivity index is 1.26. The predicted octanol–water partition coefficient (Wildman–Crippen LogP) is 3.02. The Bertz CT molecular complexity index is 864. The molecule has 29 heavy (non-hydrogen) atoms. The van der Waals surface area contributed by atoms with Crippen molar-refractivity contribution in [1.82, 2.24) is 24.6 Å². The second-order valence-corrected chi connectivity index (χ2v) is 8.60. The number of carbonyl (C=O) groups excluding carboxylic acids is 1. The van der Waals surface area contributed by atoms with Crippen LogP contribution >= 0.6 is 0 Å². The van der Waals surface area contributed by atoms with Gasteiger partial charge in [0.15, 0.2) is 0 Å². The predicted molar refractivity (Wildman–Crippen MR) is 111 cm³/mol. The number of hydrogen-bond acceptors (Lipinski definition) is 5. The molecule has 154 valence electrons. The molecule has 0 saturated carbocycles. The maximum atomic E-state index is 12.7. The van der Waals surface area contributed by atoms with Gasteiger partial charge in [-0.05, 0) is 50.7 Å². The fourth-order valence-electron chi connectivity index (χ4n) is 5.00. The van der Waals surface area contributed by atoms with E-state index in [-0.39, 0.29) is 5.91 Å². The largest absolute Gasteiger partial charge is 0.357 e. The van der Waals surface area contributed by atoms with Gasteiger partial charge in [-0.3, -0.25) is 4.79 Å². The molecule has 0 aliphatic carbocycles. The van der Waals surface area contributed by atoms with Gasteiger partial charge in [0.1, 0.15) is 17.5 Å². The Hall–Kier alpha value is -2.44. The molecule has 5 heterocycles. The molecule has 7 heteroatoms. The van der Waals surface area contributed by atoms with Crippen molar-refractivity contribution in [2.24, 2.45) is 0 Å². The second kappa shape index (κ2) is 8.13. The summed E-state index contributed by atoms with van der Waals surface area (Å²) in [4.78, 5) is 21.6. The Morgan fingerprint density at radius 2 is 1.72 bits per heavy atom. The van der Waals surface area contributed by atoms with E-state index in [1.54, 1.807) is 6.20 Å². The number of pyridine rings is 1. The van der Waals surface area contributed by atoms with Gasteiger partial charge in [-0.15, -0.1) is 10.2 Å². The van der Waals surface area contributed by atoms with Crippen molar-refractivity contribution in [1.29, 1.82) is 0 Å². The van der Waals surface area contributed by atoms with Gasteiger partial charge >= 0.3 is 0 Å². The quantitative estimate of drug-likeness (QED) is 0.801. The third-order valence-electron chi connectivity index (χ3n) is 6.71. The highest BCUT2D eigenvalue weighted by Gasteiger charge is 2.28. The smallest absolute Gasteiger partial charge is 0.254 e. The van der Waals surface area contributed by atoms with E-state index >= 15 is 0 Å². The molecular weight excluding hydrogens is 364 g/mol. The summed E-state index contributed by atoms with van der Waals surface area (Å²) in [5.41, 5.74) is 0.766.